The number of thiazole rings is 1. The van der Waals surface area contributed by atoms with E-state index in [4.69, 9.17) is 0 Å². The van der Waals surface area contributed by atoms with E-state index in [1.165, 1.54) is 11.3 Å². The predicted octanol–water partition coefficient (Wildman–Crippen LogP) is 4.23. The molecule has 6 nitrogen and oxygen atoms in total. The van der Waals surface area contributed by atoms with E-state index in [0.29, 0.717) is 24.0 Å². The number of nitrogens with one attached hydrogen (secondary N) is 1. The second-order valence-corrected chi connectivity index (χ2v) is 10.6. The number of aryl methyl sites for hydroxylation is 2. The van der Waals surface area contributed by atoms with E-state index in [1.54, 1.807) is 0 Å². The number of sulfonamides is 1. The Labute approximate surface area is 183 Å². The van der Waals surface area contributed by atoms with E-state index in [1.807, 2.05) is 19.9 Å². The Hall–Kier alpha value is -2.43. The van der Waals surface area contributed by atoms with Crippen molar-refractivity contribution in [1.82, 2.24) is 9.29 Å². The van der Waals surface area contributed by atoms with Crippen LogP contribution in [0.1, 0.15) is 24.0 Å². The van der Waals surface area contributed by atoms with Crippen molar-refractivity contribution >= 4 is 42.6 Å². The quantitative estimate of drug-likeness (QED) is 0.625. The lowest BCUT2D eigenvalue weighted by Gasteiger charge is -2.30. The van der Waals surface area contributed by atoms with Crippen LogP contribution in [-0.4, -0.2) is 36.7 Å². The molecule has 1 amide bonds. The average molecular weight is 466 g/mol. The van der Waals surface area contributed by atoms with Crippen molar-refractivity contribution in [2.75, 3.05) is 18.4 Å². The molecule has 10 heteroatoms. The number of piperidine rings is 1. The van der Waals surface area contributed by atoms with E-state index < -0.39 is 26.6 Å². The van der Waals surface area contributed by atoms with Gasteiger partial charge in [0.05, 0.1) is 10.2 Å². The first-order valence-corrected chi connectivity index (χ1v) is 12.0. The lowest BCUT2D eigenvalue weighted by Crippen LogP contribution is -2.41. The minimum Gasteiger partial charge on any atom is -0.302 e. The van der Waals surface area contributed by atoms with E-state index in [0.717, 1.165) is 37.8 Å². The maximum Gasteiger partial charge on any atom is 0.245 e. The summed E-state index contributed by atoms with van der Waals surface area (Å²) in [6.07, 6.45) is 0.605. The average Bonchev–Trinajstić information content (AvgIpc) is 3.10. The smallest absolute Gasteiger partial charge is 0.245 e. The van der Waals surface area contributed by atoms with Gasteiger partial charge >= 0.3 is 0 Å². The van der Waals surface area contributed by atoms with Crippen LogP contribution in [0.25, 0.3) is 10.2 Å². The summed E-state index contributed by atoms with van der Waals surface area (Å²) in [5, 5.41) is 3.36. The predicted molar refractivity (Wildman–Crippen MR) is 116 cm³/mol. The number of hydrogen-bond donors (Lipinski definition) is 1. The summed E-state index contributed by atoms with van der Waals surface area (Å²) >= 11 is 1.41. The standard InChI is InChI=1S/C21H21F2N3O3S2/c1-12-9-13(2)19-17(10-12)24-21(30-19)25-20(27)14-5-7-26(8-6-14)31(28,29)18-4-3-15(22)11-16(18)23/h3-4,9-11,14H,5-8H2,1-2H3,(H,24,25,27). The van der Waals surface area contributed by atoms with Crippen molar-refractivity contribution in [2.24, 2.45) is 5.92 Å². The largest absolute Gasteiger partial charge is 0.302 e. The Morgan fingerprint density at radius 3 is 2.55 bits per heavy atom. The maximum absolute atomic E-state index is 14.0. The summed E-state index contributed by atoms with van der Waals surface area (Å²) in [7, 11) is -4.09. The van der Waals surface area contributed by atoms with Crippen molar-refractivity contribution in [2.45, 2.75) is 31.6 Å². The zero-order valence-corrected chi connectivity index (χ0v) is 18.6. The SMILES string of the molecule is Cc1cc(C)c2sc(NC(=O)C3CCN(S(=O)(=O)c4ccc(F)cc4F)CC3)nc2c1. The molecule has 164 valence electrons. The molecule has 2 aromatic carbocycles. The van der Waals surface area contributed by atoms with Crippen LogP contribution in [0.5, 0.6) is 0 Å². The first-order chi connectivity index (χ1) is 14.6. The van der Waals surface area contributed by atoms with E-state index in [2.05, 4.69) is 16.4 Å². The van der Waals surface area contributed by atoms with Gasteiger partial charge in [-0.1, -0.05) is 17.4 Å². The number of benzene rings is 2. The van der Waals surface area contributed by atoms with Crippen LogP contribution in [0.2, 0.25) is 0 Å². The van der Waals surface area contributed by atoms with Crippen LogP contribution in [0.15, 0.2) is 35.2 Å². The van der Waals surface area contributed by atoms with Gasteiger partial charge in [0.25, 0.3) is 0 Å². The molecule has 1 aliphatic heterocycles. The molecule has 0 bridgehead atoms. The highest BCUT2D eigenvalue weighted by Gasteiger charge is 2.34. The Morgan fingerprint density at radius 2 is 1.87 bits per heavy atom. The summed E-state index contributed by atoms with van der Waals surface area (Å²) in [4.78, 5) is 16.6. The minimum absolute atomic E-state index is 0.0788. The van der Waals surface area contributed by atoms with Crippen molar-refractivity contribution in [3.05, 3.63) is 53.1 Å². The fourth-order valence-corrected chi connectivity index (χ4v) is 6.25. The van der Waals surface area contributed by atoms with E-state index >= 15 is 0 Å². The van der Waals surface area contributed by atoms with Crippen molar-refractivity contribution < 1.29 is 22.0 Å². The Morgan fingerprint density at radius 1 is 1.16 bits per heavy atom. The molecule has 2 heterocycles. The van der Waals surface area contributed by atoms with Crippen molar-refractivity contribution in [3.63, 3.8) is 0 Å². The second kappa shape index (κ2) is 8.25. The number of aromatic nitrogens is 1. The number of rotatable bonds is 4. The lowest BCUT2D eigenvalue weighted by molar-refractivity contribution is -0.120. The van der Waals surface area contributed by atoms with Gasteiger partial charge in [-0.2, -0.15) is 4.31 Å². The molecule has 4 rings (SSSR count). The number of carbonyl (C=O) groups is 1. The molecule has 1 aromatic heterocycles. The van der Waals surface area contributed by atoms with Gasteiger partial charge in [0.1, 0.15) is 16.5 Å². The van der Waals surface area contributed by atoms with Crippen LogP contribution in [0.4, 0.5) is 13.9 Å². The summed E-state index contributed by atoms with van der Waals surface area (Å²) in [5.41, 5.74) is 3.03. The number of nitrogens with zero attached hydrogens (tertiary/aromatic N) is 2. The molecular formula is C21H21F2N3O3S2. The van der Waals surface area contributed by atoms with Gasteiger partial charge in [0.2, 0.25) is 15.9 Å². The monoisotopic (exact) mass is 465 g/mol. The van der Waals surface area contributed by atoms with Gasteiger partial charge in [-0.05, 0) is 56.0 Å². The summed E-state index contributed by atoms with van der Waals surface area (Å²) < 4.78 is 54.6. The summed E-state index contributed by atoms with van der Waals surface area (Å²) in [5.74, 6) is -2.55. The van der Waals surface area contributed by atoms with Gasteiger partial charge in [-0.15, -0.1) is 0 Å². The number of fused-ring (bicyclic) bond motifs is 1. The number of halogens is 2. The number of amides is 1. The third-order valence-electron chi connectivity index (χ3n) is 5.39. The molecular weight excluding hydrogens is 444 g/mol. The fraction of sp³-hybridized carbons (Fsp3) is 0.333. The molecule has 0 radical (unpaired) electrons. The van der Waals surface area contributed by atoms with Crippen LogP contribution in [-0.2, 0) is 14.8 Å². The first-order valence-electron chi connectivity index (χ1n) is 9.79. The van der Waals surface area contributed by atoms with Gasteiger partial charge < -0.3 is 5.32 Å². The molecule has 31 heavy (non-hydrogen) atoms. The van der Waals surface area contributed by atoms with Gasteiger partial charge in [-0.25, -0.2) is 22.2 Å². The molecule has 1 N–H and O–H groups in total. The minimum atomic E-state index is -4.09. The summed E-state index contributed by atoms with van der Waals surface area (Å²) in [6, 6.07) is 6.42. The first kappa shape index (κ1) is 21.8. The zero-order valence-electron chi connectivity index (χ0n) is 17.0. The van der Waals surface area contributed by atoms with Crippen LogP contribution >= 0.6 is 11.3 Å². The fourth-order valence-electron chi connectivity index (χ4n) is 3.82. The Kier molecular flexibility index (Phi) is 5.80. The molecule has 1 saturated heterocycles. The third-order valence-corrected chi connectivity index (χ3v) is 8.44. The number of hydrogen-bond acceptors (Lipinski definition) is 5. The summed E-state index contributed by atoms with van der Waals surface area (Å²) in [6.45, 7) is 4.15. The lowest BCUT2D eigenvalue weighted by atomic mass is 9.97. The molecule has 3 aromatic rings. The maximum atomic E-state index is 14.0. The van der Waals surface area contributed by atoms with Crippen molar-refractivity contribution in [1.29, 1.82) is 0 Å². The van der Waals surface area contributed by atoms with E-state index in [9.17, 15) is 22.0 Å². The van der Waals surface area contributed by atoms with E-state index in [-0.39, 0.29) is 24.9 Å². The Bertz CT molecular complexity index is 1270. The molecule has 0 spiro atoms. The van der Waals surface area contributed by atoms with Gasteiger partial charge in [-0.3, -0.25) is 4.79 Å². The topological polar surface area (TPSA) is 79.4 Å². The second-order valence-electron chi connectivity index (χ2n) is 7.69. The zero-order chi connectivity index (χ0) is 22.3. The molecule has 0 saturated carbocycles. The molecule has 0 aliphatic carbocycles. The molecule has 0 atom stereocenters. The normalized spacial score (nSPS) is 16.0. The molecule has 0 unspecified atom stereocenters. The number of carbonyl (C=O) groups excluding carboxylic acids is 1. The number of anilines is 1. The van der Waals surface area contributed by atoms with Gasteiger partial charge in [0.15, 0.2) is 5.13 Å². The van der Waals surface area contributed by atoms with Crippen LogP contribution in [0.3, 0.4) is 0 Å². The third kappa shape index (κ3) is 4.32. The van der Waals surface area contributed by atoms with Crippen LogP contribution < -0.4 is 5.32 Å². The Balaban J connectivity index is 1.42. The van der Waals surface area contributed by atoms with Crippen LogP contribution in [0, 0.1) is 31.4 Å². The molecule has 1 fully saturated rings. The van der Waals surface area contributed by atoms with Crippen molar-refractivity contribution in [3.8, 4) is 0 Å². The highest BCUT2D eigenvalue weighted by atomic mass is 32.2. The molecule has 1 aliphatic rings. The highest BCUT2D eigenvalue weighted by molar-refractivity contribution is 7.89. The van der Waals surface area contributed by atoms with Gasteiger partial charge in [0, 0.05) is 25.1 Å². The highest BCUT2D eigenvalue weighted by Crippen LogP contribution is 2.31.